The third-order valence-corrected chi connectivity index (χ3v) is 7.41. The van der Waals surface area contributed by atoms with E-state index in [1.807, 2.05) is 81.6 Å². The lowest BCUT2D eigenvalue weighted by Crippen LogP contribution is -2.41. The number of rotatable bonds is 13. The van der Waals surface area contributed by atoms with Gasteiger partial charge in [-0.15, -0.1) is 0 Å². The van der Waals surface area contributed by atoms with E-state index in [4.69, 9.17) is 14.2 Å². The van der Waals surface area contributed by atoms with Gasteiger partial charge in [-0.2, -0.15) is 11.8 Å². The summed E-state index contributed by atoms with van der Waals surface area (Å²) in [5.74, 6) is 0.716. The molecule has 1 aliphatic rings. The minimum absolute atomic E-state index is 0.0481. The molecule has 1 heterocycles. The predicted molar refractivity (Wildman–Crippen MR) is 167 cm³/mol. The van der Waals surface area contributed by atoms with Gasteiger partial charge in [0.25, 0.3) is 5.91 Å². The molecule has 0 bridgehead atoms. The average Bonchev–Trinajstić information content (AvgIpc) is 3.46. The summed E-state index contributed by atoms with van der Waals surface area (Å²) in [7, 11) is 1.68. The monoisotopic (exact) mass is 595 g/mol. The van der Waals surface area contributed by atoms with E-state index in [1.54, 1.807) is 24.9 Å². The van der Waals surface area contributed by atoms with Gasteiger partial charge in [-0.3, -0.25) is 4.79 Å². The van der Waals surface area contributed by atoms with Gasteiger partial charge in [0.05, 0.1) is 12.7 Å². The SMILES string of the molecule is CCOC.CSCCC(NC(=O)c1ccc(COC(C)Cc2ccc3c(c2)OCO3)cc1-c1ccccc1C)C(=O)O. The van der Waals surface area contributed by atoms with Crippen molar-refractivity contribution in [2.24, 2.45) is 0 Å². The molecule has 0 saturated heterocycles. The fraction of sp³-hybridized carbons (Fsp3) is 0.394. The Morgan fingerprint density at radius 2 is 1.74 bits per heavy atom. The second-order valence-corrected chi connectivity index (χ2v) is 10.9. The van der Waals surface area contributed by atoms with E-state index in [-0.39, 0.29) is 12.9 Å². The van der Waals surface area contributed by atoms with Crippen LogP contribution in [0.25, 0.3) is 11.1 Å². The summed E-state index contributed by atoms with van der Waals surface area (Å²) in [5.41, 5.74) is 5.15. The largest absolute Gasteiger partial charge is 0.480 e. The maximum absolute atomic E-state index is 13.3. The molecule has 1 amide bonds. The average molecular weight is 596 g/mol. The van der Waals surface area contributed by atoms with E-state index in [9.17, 15) is 14.7 Å². The van der Waals surface area contributed by atoms with Gasteiger partial charge in [0, 0.05) is 19.3 Å². The Balaban J connectivity index is 0.00000114. The summed E-state index contributed by atoms with van der Waals surface area (Å²) < 4.78 is 21.6. The van der Waals surface area contributed by atoms with E-state index in [2.05, 4.69) is 10.1 Å². The standard InChI is InChI=1S/C30H33NO6S.C3H8O/c1-19-6-4-5-7-23(19)25-15-22(8-10-24(25)29(32)31-26(30(33)34)12-13-38-3)17-35-20(2)14-21-9-11-27-28(16-21)37-18-36-27;1-3-4-2/h4-11,15-16,20,26H,12-14,17-18H2,1-3H3,(H,31,32)(H,33,34);3H2,1-2H3. The Hall–Kier alpha value is -3.53. The molecule has 4 rings (SSSR count). The highest BCUT2D eigenvalue weighted by molar-refractivity contribution is 7.98. The summed E-state index contributed by atoms with van der Waals surface area (Å²) in [6.07, 6.45) is 2.94. The maximum atomic E-state index is 13.3. The molecule has 42 heavy (non-hydrogen) atoms. The van der Waals surface area contributed by atoms with Crippen molar-refractivity contribution in [1.29, 1.82) is 0 Å². The van der Waals surface area contributed by atoms with Crippen molar-refractivity contribution in [2.75, 3.05) is 32.5 Å². The minimum Gasteiger partial charge on any atom is -0.480 e. The van der Waals surface area contributed by atoms with Gasteiger partial charge < -0.3 is 29.4 Å². The van der Waals surface area contributed by atoms with Gasteiger partial charge >= 0.3 is 5.97 Å². The normalized spacial score (nSPS) is 13.1. The van der Waals surface area contributed by atoms with Crippen LogP contribution < -0.4 is 14.8 Å². The molecule has 3 aromatic carbocycles. The topological polar surface area (TPSA) is 103 Å². The zero-order valence-corrected chi connectivity index (χ0v) is 25.8. The number of aliphatic carboxylic acids is 1. The molecule has 3 aromatic rings. The maximum Gasteiger partial charge on any atom is 0.326 e. The van der Waals surface area contributed by atoms with Crippen molar-refractivity contribution in [2.45, 2.75) is 52.4 Å². The molecular formula is C33H41NO7S. The van der Waals surface area contributed by atoms with Crippen molar-refractivity contribution in [3.05, 3.63) is 82.9 Å². The van der Waals surface area contributed by atoms with E-state index in [0.29, 0.717) is 30.8 Å². The van der Waals surface area contributed by atoms with E-state index in [1.165, 1.54) is 0 Å². The van der Waals surface area contributed by atoms with Gasteiger partial charge in [-0.25, -0.2) is 4.79 Å². The number of benzene rings is 3. The molecule has 2 atom stereocenters. The first-order valence-corrected chi connectivity index (χ1v) is 15.4. The van der Waals surface area contributed by atoms with Crippen LogP contribution in [0, 0.1) is 6.92 Å². The number of fused-ring (bicyclic) bond motifs is 1. The molecular weight excluding hydrogens is 554 g/mol. The molecule has 0 fully saturated rings. The smallest absolute Gasteiger partial charge is 0.326 e. The number of hydrogen-bond donors (Lipinski definition) is 2. The molecule has 9 heteroatoms. The quantitative estimate of drug-likeness (QED) is 0.243. The Labute approximate surface area is 252 Å². The number of carboxylic acids is 1. The molecule has 0 aliphatic carbocycles. The van der Waals surface area contributed by atoms with Crippen molar-refractivity contribution in [1.82, 2.24) is 5.32 Å². The Kier molecular flexibility index (Phi) is 13.2. The second-order valence-electron chi connectivity index (χ2n) is 9.93. The number of amides is 1. The number of hydrogen-bond acceptors (Lipinski definition) is 7. The first-order valence-electron chi connectivity index (χ1n) is 14.0. The van der Waals surface area contributed by atoms with Crippen molar-refractivity contribution >= 4 is 23.6 Å². The molecule has 0 radical (unpaired) electrons. The van der Waals surface area contributed by atoms with E-state index < -0.39 is 17.9 Å². The van der Waals surface area contributed by atoms with Gasteiger partial charge in [-0.1, -0.05) is 36.4 Å². The highest BCUT2D eigenvalue weighted by Crippen LogP contribution is 2.33. The lowest BCUT2D eigenvalue weighted by Gasteiger charge is -2.18. The van der Waals surface area contributed by atoms with Crippen LogP contribution in [0.1, 0.15) is 47.3 Å². The minimum atomic E-state index is -1.04. The number of ether oxygens (including phenoxy) is 4. The number of carboxylic acid groups (broad SMARTS) is 1. The fourth-order valence-corrected chi connectivity index (χ4v) is 4.87. The lowest BCUT2D eigenvalue weighted by molar-refractivity contribution is -0.139. The third kappa shape index (κ3) is 9.51. The predicted octanol–water partition coefficient (Wildman–Crippen LogP) is 6.13. The van der Waals surface area contributed by atoms with Crippen LogP contribution in [0.15, 0.2) is 60.7 Å². The molecule has 0 aromatic heterocycles. The van der Waals surface area contributed by atoms with Crippen LogP contribution in [0.5, 0.6) is 11.5 Å². The van der Waals surface area contributed by atoms with Crippen LogP contribution in [-0.4, -0.2) is 61.6 Å². The first kappa shape index (κ1) is 33.0. The van der Waals surface area contributed by atoms with Crippen LogP contribution in [0.2, 0.25) is 0 Å². The summed E-state index contributed by atoms with van der Waals surface area (Å²) in [6.45, 7) is 7.41. The van der Waals surface area contributed by atoms with Crippen LogP contribution in [-0.2, 0) is 27.3 Å². The number of methoxy groups -OCH3 is 1. The molecule has 2 unspecified atom stereocenters. The molecule has 8 nitrogen and oxygen atoms in total. The number of nitrogens with one attached hydrogen (secondary N) is 1. The highest BCUT2D eigenvalue weighted by atomic mass is 32.2. The van der Waals surface area contributed by atoms with Gasteiger partial charge in [0.1, 0.15) is 6.04 Å². The van der Waals surface area contributed by atoms with E-state index >= 15 is 0 Å². The lowest BCUT2D eigenvalue weighted by atomic mass is 9.93. The van der Waals surface area contributed by atoms with Crippen molar-refractivity contribution in [3.8, 4) is 22.6 Å². The Morgan fingerprint density at radius 1 is 1.02 bits per heavy atom. The van der Waals surface area contributed by atoms with E-state index in [0.717, 1.165) is 45.9 Å². The second kappa shape index (κ2) is 16.8. The summed E-state index contributed by atoms with van der Waals surface area (Å²) in [5, 5.41) is 12.3. The van der Waals surface area contributed by atoms with Gasteiger partial charge in [0.15, 0.2) is 11.5 Å². The number of carbonyl (C=O) groups excluding carboxylic acids is 1. The molecule has 2 N–H and O–H groups in total. The summed E-state index contributed by atoms with van der Waals surface area (Å²) >= 11 is 1.55. The van der Waals surface area contributed by atoms with Crippen LogP contribution in [0.3, 0.4) is 0 Å². The number of carbonyl (C=O) groups is 2. The van der Waals surface area contributed by atoms with Crippen LogP contribution >= 0.6 is 11.8 Å². The summed E-state index contributed by atoms with van der Waals surface area (Å²) in [6, 6.07) is 18.4. The highest BCUT2D eigenvalue weighted by Gasteiger charge is 2.23. The molecule has 0 saturated carbocycles. The Bertz CT molecular complexity index is 1330. The summed E-state index contributed by atoms with van der Waals surface area (Å²) in [4.78, 5) is 25.0. The van der Waals surface area contributed by atoms with Gasteiger partial charge in [-0.05, 0) is 97.7 Å². The van der Waals surface area contributed by atoms with Crippen molar-refractivity contribution in [3.63, 3.8) is 0 Å². The van der Waals surface area contributed by atoms with Crippen molar-refractivity contribution < 1.29 is 33.6 Å². The number of aryl methyl sites for hydroxylation is 1. The molecule has 0 spiro atoms. The fourth-order valence-electron chi connectivity index (χ4n) is 4.40. The first-order chi connectivity index (χ1) is 20.3. The van der Waals surface area contributed by atoms with Gasteiger partial charge in [0.2, 0.25) is 6.79 Å². The zero-order valence-electron chi connectivity index (χ0n) is 25.0. The van der Waals surface area contributed by atoms with Crippen LogP contribution in [0.4, 0.5) is 0 Å². The molecule has 226 valence electrons. The number of thioether (sulfide) groups is 1. The zero-order chi connectivity index (χ0) is 30.5. The third-order valence-electron chi connectivity index (χ3n) is 6.76. The molecule has 1 aliphatic heterocycles. The Morgan fingerprint density at radius 3 is 2.43 bits per heavy atom.